The molecular weight excluding hydrogens is 384 g/mol. The molecule has 1 aliphatic heterocycles. The van der Waals surface area contributed by atoms with Crippen molar-refractivity contribution in [3.63, 3.8) is 0 Å². The molecule has 4 heteroatoms. The van der Waals surface area contributed by atoms with Gasteiger partial charge in [-0.15, -0.1) is 0 Å². The van der Waals surface area contributed by atoms with Crippen molar-refractivity contribution in [1.29, 1.82) is 0 Å². The van der Waals surface area contributed by atoms with Gasteiger partial charge in [-0.2, -0.15) is 0 Å². The van der Waals surface area contributed by atoms with Crippen LogP contribution < -0.4 is 5.32 Å². The average Bonchev–Trinajstić information content (AvgIpc) is 2.78. The van der Waals surface area contributed by atoms with Crippen molar-refractivity contribution in [1.82, 2.24) is 4.90 Å². The Hall–Kier alpha value is -1.84. The van der Waals surface area contributed by atoms with Crippen molar-refractivity contribution >= 4 is 17.5 Å². The molecule has 2 atom stereocenters. The van der Waals surface area contributed by atoms with E-state index in [9.17, 15) is 9.59 Å². The Labute approximate surface area is 186 Å². The maximum absolute atomic E-state index is 13.3. The van der Waals surface area contributed by atoms with Crippen LogP contribution in [0.5, 0.6) is 0 Å². The molecule has 7 rings (SSSR count). The van der Waals surface area contributed by atoms with Crippen molar-refractivity contribution < 1.29 is 9.59 Å². The maximum Gasteiger partial charge on any atom is 0.254 e. The van der Waals surface area contributed by atoms with E-state index in [-0.39, 0.29) is 17.2 Å². The first-order valence-electron chi connectivity index (χ1n) is 12.8. The van der Waals surface area contributed by atoms with Crippen LogP contribution in [0.3, 0.4) is 0 Å². The lowest BCUT2D eigenvalue weighted by Crippen LogP contribution is -2.51. The van der Waals surface area contributed by atoms with Gasteiger partial charge in [0.2, 0.25) is 5.91 Å². The highest BCUT2D eigenvalue weighted by Crippen LogP contribution is 2.60. The second kappa shape index (κ2) is 7.64. The minimum Gasteiger partial charge on any atom is -0.335 e. The Morgan fingerprint density at radius 2 is 1.45 bits per heavy atom. The van der Waals surface area contributed by atoms with E-state index in [2.05, 4.69) is 10.2 Å². The molecule has 5 aliphatic carbocycles. The van der Waals surface area contributed by atoms with Gasteiger partial charge in [0.05, 0.1) is 5.41 Å². The fraction of sp³-hybridized carbons (Fsp3) is 0.704. The van der Waals surface area contributed by atoms with Crippen LogP contribution in [0.4, 0.5) is 5.69 Å². The lowest BCUT2D eigenvalue weighted by atomic mass is 9.49. The van der Waals surface area contributed by atoms with E-state index in [4.69, 9.17) is 0 Å². The largest absolute Gasteiger partial charge is 0.335 e. The van der Waals surface area contributed by atoms with E-state index in [1.54, 1.807) is 0 Å². The van der Waals surface area contributed by atoms with E-state index in [1.807, 2.05) is 24.3 Å². The number of rotatable bonds is 3. The Morgan fingerprint density at radius 3 is 2.13 bits per heavy atom. The van der Waals surface area contributed by atoms with Gasteiger partial charge in [-0.05, 0) is 112 Å². The van der Waals surface area contributed by atoms with Gasteiger partial charge in [0.1, 0.15) is 0 Å². The molecule has 1 saturated heterocycles. The standard InChI is InChI=1S/C27H36N2O2/c30-25(29-11-3-5-21-4-1-2-6-24(21)29)22-7-9-23(10-8-22)28-26(31)27-15-18-12-19(16-27)14-20(13-18)17-27/h7-10,18-21,24H,1-6,11-17H2,(H,28,31)/t18?,19?,20?,21-,24-,27?/m0/s1. The van der Waals surface area contributed by atoms with Crippen LogP contribution in [0.1, 0.15) is 87.4 Å². The molecule has 1 aromatic carbocycles. The number of anilines is 1. The van der Waals surface area contributed by atoms with E-state index in [0.717, 1.165) is 67.7 Å². The van der Waals surface area contributed by atoms with Crippen LogP contribution in [-0.4, -0.2) is 29.3 Å². The molecule has 0 aromatic heterocycles. The minimum absolute atomic E-state index is 0.132. The Bertz CT molecular complexity index is 823. The quantitative estimate of drug-likeness (QED) is 0.688. The van der Waals surface area contributed by atoms with Crippen LogP contribution in [-0.2, 0) is 4.79 Å². The average molecular weight is 421 g/mol. The minimum atomic E-state index is -0.132. The fourth-order valence-electron chi connectivity index (χ4n) is 8.39. The summed E-state index contributed by atoms with van der Waals surface area (Å²) < 4.78 is 0. The molecule has 1 heterocycles. The summed E-state index contributed by atoms with van der Waals surface area (Å²) in [6, 6.07) is 8.15. The smallest absolute Gasteiger partial charge is 0.254 e. The van der Waals surface area contributed by atoms with Gasteiger partial charge >= 0.3 is 0 Å². The first-order chi connectivity index (χ1) is 15.1. The summed E-state index contributed by atoms with van der Waals surface area (Å²) in [5.74, 6) is 3.41. The number of hydrogen-bond acceptors (Lipinski definition) is 2. The highest BCUT2D eigenvalue weighted by molar-refractivity contribution is 5.97. The van der Waals surface area contributed by atoms with Gasteiger partial charge in [0.25, 0.3) is 5.91 Å². The van der Waals surface area contributed by atoms with Crippen LogP contribution in [0.25, 0.3) is 0 Å². The van der Waals surface area contributed by atoms with Crippen LogP contribution in [0.2, 0.25) is 0 Å². The number of carbonyl (C=O) groups excluding carboxylic acids is 2. The van der Waals surface area contributed by atoms with E-state index < -0.39 is 0 Å². The predicted molar refractivity (Wildman–Crippen MR) is 122 cm³/mol. The summed E-state index contributed by atoms with van der Waals surface area (Å²) in [7, 11) is 0. The zero-order valence-electron chi connectivity index (χ0n) is 18.7. The zero-order valence-corrected chi connectivity index (χ0v) is 18.7. The molecule has 0 radical (unpaired) electrons. The molecular formula is C27H36N2O2. The number of fused-ring (bicyclic) bond motifs is 1. The number of benzene rings is 1. The highest BCUT2D eigenvalue weighted by atomic mass is 16.2. The van der Waals surface area contributed by atoms with Crippen molar-refractivity contribution in [2.24, 2.45) is 29.1 Å². The molecule has 166 valence electrons. The Morgan fingerprint density at radius 1 is 0.839 bits per heavy atom. The van der Waals surface area contributed by atoms with E-state index >= 15 is 0 Å². The van der Waals surface area contributed by atoms with Crippen molar-refractivity contribution in [3.05, 3.63) is 29.8 Å². The zero-order chi connectivity index (χ0) is 21.0. The molecule has 31 heavy (non-hydrogen) atoms. The summed E-state index contributed by atoms with van der Waals surface area (Å²) in [6.07, 6.45) is 14.7. The van der Waals surface area contributed by atoms with Crippen LogP contribution >= 0.6 is 0 Å². The first-order valence-corrected chi connectivity index (χ1v) is 12.8. The van der Waals surface area contributed by atoms with Gasteiger partial charge < -0.3 is 10.2 Å². The van der Waals surface area contributed by atoms with Gasteiger partial charge in [-0.3, -0.25) is 9.59 Å². The molecule has 4 nitrogen and oxygen atoms in total. The normalized spacial score (nSPS) is 38.6. The van der Waals surface area contributed by atoms with E-state index in [0.29, 0.717) is 12.0 Å². The molecule has 1 aromatic rings. The second-order valence-electron chi connectivity index (χ2n) is 11.5. The number of nitrogens with zero attached hydrogens (tertiary/aromatic N) is 1. The molecule has 6 fully saturated rings. The van der Waals surface area contributed by atoms with E-state index in [1.165, 1.54) is 44.9 Å². The SMILES string of the molecule is O=C(c1ccc(NC(=O)C23CC4CC(CC(C4)C2)C3)cc1)N1CCC[C@@H]2CCCC[C@@H]21. The third-order valence-electron chi connectivity index (χ3n) is 9.41. The summed E-state index contributed by atoms with van der Waals surface area (Å²) in [6.45, 7) is 0.893. The molecule has 6 aliphatic rings. The summed E-state index contributed by atoms with van der Waals surface area (Å²) in [5.41, 5.74) is 1.47. The predicted octanol–water partition coefficient (Wildman–Crippen LogP) is 5.64. The summed E-state index contributed by atoms with van der Waals surface area (Å²) in [4.78, 5) is 28.7. The maximum atomic E-state index is 13.3. The molecule has 5 saturated carbocycles. The Kier molecular flexibility index (Phi) is 4.88. The van der Waals surface area contributed by atoms with Gasteiger partial charge in [-0.1, -0.05) is 12.8 Å². The molecule has 2 amide bonds. The topological polar surface area (TPSA) is 49.4 Å². The molecule has 1 N–H and O–H groups in total. The third kappa shape index (κ3) is 3.50. The number of piperidine rings is 1. The van der Waals surface area contributed by atoms with Crippen molar-refractivity contribution in [2.45, 2.75) is 83.1 Å². The number of likely N-dealkylation sites (tertiary alicyclic amines) is 1. The molecule has 4 bridgehead atoms. The van der Waals surface area contributed by atoms with Crippen molar-refractivity contribution in [3.8, 4) is 0 Å². The number of amides is 2. The number of nitrogens with one attached hydrogen (secondary N) is 1. The lowest BCUT2D eigenvalue weighted by molar-refractivity contribution is -0.140. The monoisotopic (exact) mass is 420 g/mol. The van der Waals surface area contributed by atoms with Crippen LogP contribution in [0, 0.1) is 29.1 Å². The number of hydrogen-bond donors (Lipinski definition) is 1. The van der Waals surface area contributed by atoms with Crippen LogP contribution in [0.15, 0.2) is 24.3 Å². The van der Waals surface area contributed by atoms with Gasteiger partial charge in [0.15, 0.2) is 0 Å². The Balaban J connectivity index is 1.13. The third-order valence-corrected chi connectivity index (χ3v) is 9.41. The fourth-order valence-corrected chi connectivity index (χ4v) is 8.39. The van der Waals surface area contributed by atoms with Gasteiger partial charge in [0, 0.05) is 23.8 Å². The first kappa shape index (κ1) is 19.8. The molecule has 0 spiro atoms. The highest BCUT2D eigenvalue weighted by Gasteiger charge is 2.54. The van der Waals surface area contributed by atoms with Gasteiger partial charge in [-0.25, -0.2) is 0 Å². The summed E-state index contributed by atoms with van der Waals surface area (Å²) >= 11 is 0. The lowest BCUT2D eigenvalue weighted by Gasteiger charge is -2.55. The number of carbonyl (C=O) groups is 2. The summed E-state index contributed by atoms with van der Waals surface area (Å²) in [5, 5.41) is 3.23. The van der Waals surface area contributed by atoms with Crippen molar-refractivity contribution in [2.75, 3.05) is 11.9 Å². The molecule has 0 unspecified atom stereocenters. The second-order valence-corrected chi connectivity index (χ2v) is 11.5.